The lowest BCUT2D eigenvalue weighted by atomic mass is 9.83. The van der Waals surface area contributed by atoms with Crippen LogP contribution in [0.3, 0.4) is 0 Å². The monoisotopic (exact) mass is 297 g/mol. The van der Waals surface area contributed by atoms with Crippen molar-refractivity contribution in [1.29, 1.82) is 0 Å². The zero-order valence-corrected chi connectivity index (χ0v) is 11.7. The zero-order chi connectivity index (χ0) is 15.2. The third-order valence-electron chi connectivity index (χ3n) is 4.33. The maximum atomic E-state index is 12.8. The molecule has 2 aliphatic carbocycles. The first-order valence-corrected chi connectivity index (χ1v) is 7.19. The van der Waals surface area contributed by atoms with E-state index in [1.165, 1.54) is 0 Å². The summed E-state index contributed by atoms with van der Waals surface area (Å²) in [5.41, 5.74) is -0.217. The summed E-state index contributed by atoms with van der Waals surface area (Å²) in [5.74, 6) is -2.44. The summed E-state index contributed by atoms with van der Waals surface area (Å²) in [6, 6.07) is 1.15. The summed E-state index contributed by atoms with van der Waals surface area (Å²) in [5, 5.41) is 2.47. The van der Waals surface area contributed by atoms with Crippen molar-refractivity contribution in [2.45, 2.75) is 56.9 Å². The van der Waals surface area contributed by atoms with Gasteiger partial charge in [-0.3, -0.25) is 4.79 Å². The van der Waals surface area contributed by atoms with Gasteiger partial charge in [0.05, 0.1) is 0 Å². The van der Waals surface area contributed by atoms with Gasteiger partial charge in [-0.25, -0.2) is 13.6 Å². The van der Waals surface area contributed by atoms with Crippen LogP contribution >= 0.6 is 0 Å². The fourth-order valence-electron chi connectivity index (χ4n) is 2.82. The van der Waals surface area contributed by atoms with Crippen molar-refractivity contribution in [2.75, 3.05) is 0 Å². The Labute approximate surface area is 120 Å². The Balaban J connectivity index is 1.75. The standard InChI is InChI=1S/C15H17F2NO3/c1-8-5-11(9-3-2-4-9)21-14(20)12(8)13(19)18-10-6-15(16,17)7-10/h5,9-10H,2-4,6-7H2,1H3,(H,18,19). The van der Waals surface area contributed by atoms with Gasteiger partial charge < -0.3 is 9.73 Å². The quantitative estimate of drug-likeness (QED) is 0.933. The van der Waals surface area contributed by atoms with Gasteiger partial charge >= 0.3 is 5.63 Å². The highest BCUT2D eigenvalue weighted by Gasteiger charge is 2.46. The number of amides is 1. The van der Waals surface area contributed by atoms with Crippen molar-refractivity contribution < 1.29 is 18.0 Å². The summed E-state index contributed by atoms with van der Waals surface area (Å²) < 4.78 is 30.7. The van der Waals surface area contributed by atoms with Crippen molar-refractivity contribution >= 4 is 5.91 Å². The first-order valence-electron chi connectivity index (χ1n) is 7.19. The lowest BCUT2D eigenvalue weighted by Gasteiger charge is -2.35. The van der Waals surface area contributed by atoms with Crippen LogP contribution in [0.15, 0.2) is 15.3 Å². The lowest BCUT2D eigenvalue weighted by Crippen LogP contribution is -2.51. The molecule has 3 rings (SSSR count). The number of nitrogens with one attached hydrogen (secondary N) is 1. The van der Waals surface area contributed by atoms with Crippen LogP contribution in [0.25, 0.3) is 0 Å². The fourth-order valence-corrected chi connectivity index (χ4v) is 2.82. The van der Waals surface area contributed by atoms with E-state index in [1.54, 1.807) is 13.0 Å². The Morgan fingerprint density at radius 1 is 1.38 bits per heavy atom. The maximum absolute atomic E-state index is 12.8. The number of hydrogen-bond acceptors (Lipinski definition) is 3. The Kier molecular flexibility index (Phi) is 3.34. The van der Waals surface area contributed by atoms with E-state index >= 15 is 0 Å². The van der Waals surface area contributed by atoms with Crippen LogP contribution in [-0.2, 0) is 0 Å². The SMILES string of the molecule is Cc1cc(C2CCC2)oc(=O)c1C(=O)NC1CC(F)(F)C1. The van der Waals surface area contributed by atoms with Crippen LogP contribution in [-0.4, -0.2) is 17.9 Å². The van der Waals surface area contributed by atoms with Crippen molar-refractivity contribution in [3.63, 3.8) is 0 Å². The molecule has 21 heavy (non-hydrogen) atoms. The van der Waals surface area contributed by atoms with Crippen LogP contribution in [0.5, 0.6) is 0 Å². The minimum Gasteiger partial charge on any atom is -0.427 e. The summed E-state index contributed by atoms with van der Waals surface area (Å²) in [7, 11) is 0. The van der Waals surface area contributed by atoms with E-state index in [1.807, 2.05) is 0 Å². The number of alkyl halides is 2. The second-order valence-electron chi connectivity index (χ2n) is 6.06. The normalized spacial score (nSPS) is 21.5. The van der Waals surface area contributed by atoms with E-state index in [0.717, 1.165) is 19.3 Å². The zero-order valence-electron chi connectivity index (χ0n) is 11.7. The third kappa shape index (κ3) is 2.71. The van der Waals surface area contributed by atoms with Crippen molar-refractivity contribution in [3.8, 4) is 0 Å². The number of carbonyl (C=O) groups excluding carboxylic acids is 1. The molecule has 0 aromatic carbocycles. The molecule has 2 saturated carbocycles. The average Bonchev–Trinajstić information content (AvgIpc) is 2.22. The van der Waals surface area contributed by atoms with Crippen LogP contribution < -0.4 is 10.9 Å². The van der Waals surface area contributed by atoms with E-state index in [9.17, 15) is 18.4 Å². The van der Waals surface area contributed by atoms with Gasteiger partial charge in [-0.2, -0.15) is 0 Å². The molecule has 1 N–H and O–H groups in total. The van der Waals surface area contributed by atoms with Gasteiger partial charge in [-0.15, -0.1) is 0 Å². The van der Waals surface area contributed by atoms with Gasteiger partial charge in [0.1, 0.15) is 11.3 Å². The molecule has 0 aliphatic heterocycles. The fraction of sp³-hybridized carbons (Fsp3) is 0.600. The molecule has 2 fully saturated rings. The van der Waals surface area contributed by atoms with E-state index in [-0.39, 0.29) is 24.3 Å². The number of rotatable bonds is 3. The number of carbonyl (C=O) groups is 1. The molecule has 1 aromatic rings. The van der Waals surface area contributed by atoms with Crippen LogP contribution in [0, 0.1) is 6.92 Å². The third-order valence-corrected chi connectivity index (χ3v) is 4.33. The predicted octanol–water partition coefficient (Wildman–Crippen LogP) is 2.74. The van der Waals surface area contributed by atoms with Gasteiger partial charge in [0.25, 0.3) is 11.8 Å². The molecule has 0 unspecified atom stereocenters. The van der Waals surface area contributed by atoms with Crippen molar-refractivity contribution in [2.24, 2.45) is 0 Å². The van der Waals surface area contributed by atoms with Crippen molar-refractivity contribution in [1.82, 2.24) is 5.32 Å². The highest BCUT2D eigenvalue weighted by molar-refractivity contribution is 5.95. The molecule has 2 aliphatic rings. The Hall–Kier alpha value is -1.72. The predicted molar refractivity (Wildman–Crippen MR) is 71.7 cm³/mol. The first kappa shape index (κ1) is 14.2. The molecule has 1 amide bonds. The lowest BCUT2D eigenvalue weighted by molar-refractivity contribution is -0.0901. The minimum atomic E-state index is -2.70. The second kappa shape index (κ2) is 4.93. The smallest absolute Gasteiger partial charge is 0.349 e. The molecule has 6 heteroatoms. The summed E-state index contributed by atoms with van der Waals surface area (Å²) in [6.07, 6.45) is 2.36. The van der Waals surface area contributed by atoms with Gasteiger partial charge in [0.2, 0.25) is 0 Å². The Morgan fingerprint density at radius 3 is 2.52 bits per heavy atom. The molecule has 1 heterocycles. The highest BCUT2D eigenvalue weighted by Crippen LogP contribution is 2.38. The number of aryl methyl sites for hydroxylation is 1. The summed E-state index contributed by atoms with van der Waals surface area (Å²) in [4.78, 5) is 24.0. The van der Waals surface area contributed by atoms with Gasteiger partial charge in [0.15, 0.2) is 0 Å². The molecule has 114 valence electrons. The minimum absolute atomic E-state index is 0.0757. The van der Waals surface area contributed by atoms with Gasteiger partial charge in [0, 0.05) is 24.8 Å². The molecule has 0 radical (unpaired) electrons. The molecule has 0 bridgehead atoms. The molecular formula is C15H17F2NO3. The largest absolute Gasteiger partial charge is 0.427 e. The average molecular weight is 297 g/mol. The molecule has 0 atom stereocenters. The van der Waals surface area contributed by atoms with Gasteiger partial charge in [-0.1, -0.05) is 6.42 Å². The van der Waals surface area contributed by atoms with E-state index in [0.29, 0.717) is 11.3 Å². The Morgan fingerprint density at radius 2 is 2.05 bits per heavy atom. The molecule has 1 aromatic heterocycles. The Bertz CT molecular complexity index is 626. The number of hydrogen-bond donors (Lipinski definition) is 1. The highest BCUT2D eigenvalue weighted by atomic mass is 19.3. The van der Waals surface area contributed by atoms with Crippen LogP contribution in [0.4, 0.5) is 8.78 Å². The molecular weight excluding hydrogens is 280 g/mol. The van der Waals surface area contributed by atoms with E-state index < -0.39 is 23.5 Å². The topological polar surface area (TPSA) is 59.3 Å². The maximum Gasteiger partial charge on any atom is 0.349 e. The summed E-state index contributed by atoms with van der Waals surface area (Å²) >= 11 is 0. The van der Waals surface area contributed by atoms with Gasteiger partial charge in [-0.05, 0) is 31.4 Å². The molecule has 0 saturated heterocycles. The van der Waals surface area contributed by atoms with Crippen LogP contribution in [0.2, 0.25) is 0 Å². The second-order valence-corrected chi connectivity index (χ2v) is 6.06. The van der Waals surface area contributed by atoms with E-state index in [4.69, 9.17) is 4.42 Å². The van der Waals surface area contributed by atoms with E-state index in [2.05, 4.69) is 5.32 Å². The molecule has 4 nitrogen and oxygen atoms in total. The van der Waals surface area contributed by atoms with Crippen LogP contribution in [0.1, 0.15) is 59.7 Å². The summed E-state index contributed by atoms with van der Waals surface area (Å²) in [6.45, 7) is 1.67. The van der Waals surface area contributed by atoms with Crippen molar-refractivity contribution in [3.05, 3.63) is 33.4 Å². The molecule has 0 spiro atoms. The number of halogens is 2. The first-order chi connectivity index (χ1) is 9.85.